The van der Waals surface area contributed by atoms with Gasteiger partial charge in [0.1, 0.15) is 11.9 Å². The Bertz CT molecular complexity index is 1150. The molecule has 0 atom stereocenters. The van der Waals surface area contributed by atoms with Crippen LogP contribution in [0.4, 0.5) is 0 Å². The molecule has 0 saturated carbocycles. The molecule has 0 aliphatic carbocycles. The summed E-state index contributed by atoms with van der Waals surface area (Å²) in [4.78, 5) is 36.8. The van der Waals surface area contributed by atoms with Crippen molar-refractivity contribution in [1.29, 1.82) is 0 Å². The van der Waals surface area contributed by atoms with Gasteiger partial charge < -0.3 is 19.8 Å². The van der Waals surface area contributed by atoms with Crippen LogP contribution in [0, 0.1) is 13.8 Å². The van der Waals surface area contributed by atoms with E-state index in [0.717, 1.165) is 11.1 Å². The molecule has 0 amide bonds. The number of carbonyl (C=O) groups is 2. The van der Waals surface area contributed by atoms with Crippen LogP contribution in [0.15, 0.2) is 72.8 Å². The summed E-state index contributed by atoms with van der Waals surface area (Å²) in [7, 11) is 0. The SMILES string of the molecule is Cc1cc(-c2ccccc2)nc(C(=O)[O-])n1.Cc1cc(-c2ccccc2)nc(C(=O)[O-])n1.[Ir]. The number of benzene rings is 2. The zero-order chi connectivity index (χ0) is 23.1. The Kier molecular flexibility index (Phi) is 9.03. The Balaban J connectivity index is 0.000000227. The van der Waals surface area contributed by atoms with Gasteiger partial charge in [-0.25, -0.2) is 19.9 Å². The number of carbonyl (C=O) groups excluding carboxylic acids is 2. The maximum atomic E-state index is 10.7. The number of carboxylic acid groups (broad SMARTS) is 2. The predicted octanol–water partition coefficient (Wildman–Crippen LogP) is 1.63. The summed E-state index contributed by atoms with van der Waals surface area (Å²) in [5.41, 5.74) is 4.10. The van der Waals surface area contributed by atoms with E-state index < -0.39 is 11.9 Å². The van der Waals surface area contributed by atoms with Crippen molar-refractivity contribution in [2.45, 2.75) is 13.8 Å². The molecule has 33 heavy (non-hydrogen) atoms. The van der Waals surface area contributed by atoms with Gasteiger partial charge in [0.2, 0.25) is 0 Å². The van der Waals surface area contributed by atoms with E-state index in [9.17, 15) is 19.8 Å². The Hall–Kier alpha value is -3.81. The summed E-state index contributed by atoms with van der Waals surface area (Å²) >= 11 is 0. The summed E-state index contributed by atoms with van der Waals surface area (Å²) in [5, 5.41) is 21.4. The third-order valence-corrected chi connectivity index (χ3v) is 4.21. The third-order valence-electron chi connectivity index (χ3n) is 4.21. The van der Waals surface area contributed by atoms with Crippen molar-refractivity contribution in [3.63, 3.8) is 0 Å². The summed E-state index contributed by atoms with van der Waals surface area (Å²) in [6, 6.07) is 22.2. The van der Waals surface area contributed by atoms with E-state index in [0.29, 0.717) is 22.8 Å². The molecule has 0 aliphatic heterocycles. The molecule has 169 valence electrons. The maximum Gasteiger partial charge on any atom is 0.175 e. The van der Waals surface area contributed by atoms with E-state index in [4.69, 9.17) is 0 Å². The topological polar surface area (TPSA) is 132 Å². The molecule has 4 aromatic rings. The Labute approximate surface area is 203 Å². The van der Waals surface area contributed by atoms with E-state index >= 15 is 0 Å². The molecule has 0 fully saturated rings. The largest absolute Gasteiger partial charge is 0.542 e. The fourth-order valence-corrected chi connectivity index (χ4v) is 2.83. The maximum absolute atomic E-state index is 10.7. The van der Waals surface area contributed by atoms with Crippen LogP contribution >= 0.6 is 0 Å². The van der Waals surface area contributed by atoms with E-state index in [2.05, 4.69) is 19.9 Å². The second-order valence-electron chi connectivity index (χ2n) is 6.74. The number of rotatable bonds is 4. The van der Waals surface area contributed by atoms with Crippen molar-refractivity contribution in [3.8, 4) is 22.5 Å². The van der Waals surface area contributed by atoms with Gasteiger partial charge >= 0.3 is 0 Å². The Morgan fingerprint density at radius 1 is 0.606 bits per heavy atom. The fraction of sp³-hybridized carbons (Fsp3) is 0.0833. The normalized spacial score (nSPS) is 9.76. The zero-order valence-corrected chi connectivity index (χ0v) is 20.1. The Morgan fingerprint density at radius 3 is 1.24 bits per heavy atom. The van der Waals surface area contributed by atoms with Crippen LogP contribution in [0.1, 0.15) is 32.6 Å². The molecule has 4 rings (SSSR count). The average molecular weight is 619 g/mol. The first-order chi connectivity index (χ1) is 15.3. The van der Waals surface area contributed by atoms with E-state index in [1.54, 1.807) is 26.0 Å². The molecule has 0 aliphatic rings. The van der Waals surface area contributed by atoms with Gasteiger partial charge in [-0.15, -0.1) is 0 Å². The molecular weight excluding hydrogens is 601 g/mol. The smallest absolute Gasteiger partial charge is 0.175 e. The quantitative estimate of drug-likeness (QED) is 0.337. The van der Waals surface area contributed by atoms with Crippen molar-refractivity contribution in [3.05, 3.63) is 95.8 Å². The Morgan fingerprint density at radius 2 is 0.939 bits per heavy atom. The number of carboxylic acids is 2. The van der Waals surface area contributed by atoms with Gasteiger partial charge in [0, 0.05) is 42.6 Å². The molecule has 0 spiro atoms. The molecule has 2 heterocycles. The summed E-state index contributed by atoms with van der Waals surface area (Å²) in [6.07, 6.45) is 0. The van der Waals surface area contributed by atoms with Crippen LogP contribution in [0.3, 0.4) is 0 Å². The van der Waals surface area contributed by atoms with Crippen molar-refractivity contribution in [2.24, 2.45) is 0 Å². The van der Waals surface area contributed by atoms with Crippen LogP contribution in [-0.2, 0) is 20.1 Å². The van der Waals surface area contributed by atoms with Gasteiger partial charge in [0.25, 0.3) is 0 Å². The monoisotopic (exact) mass is 619 g/mol. The fourth-order valence-electron chi connectivity index (χ4n) is 2.83. The first-order valence-corrected chi connectivity index (χ1v) is 9.58. The number of nitrogens with zero attached hydrogens (tertiary/aromatic N) is 4. The first-order valence-electron chi connectivity index (χ1n) is 9.58. The van der Waals surface area contributed by atoms with Crippen LogP contribution in [0.25, 0.3) is 22.5 Å². The average Bonchev–Trinajstić information content (AvgIpc) is 2.80. The van der Waals surface area contributed by atoms with Crippen molar-refractivity contribution >= 4 is 11.9 Å². The second-order valence-corrected chi connectivity index (χ2v) is 6.74. The zero-order valence-electron chi connectivity index (χ0n) is 17.7. The first kappa shape index (κ1) is 25.4. The van der Waals surface area contributed by atoms with E-state index in [1.807, 2.05) is 60.7 Å². The van der Waals surface area contributed by atoms with Crippen LogP contribution in [0.2, 0.25) is 0 Å². The summed E-state index contributed by atoms with van der Waals surface area (Å²) < 4.78 is 0. The molecule has 0 N–H and O–H groups in total. The van der Waals surface area contributed by atoms with Crippen LogP contribution in [0.5, 0.6) is 0 Å². The van der Waals surface area contributed by atoms with Gasteiger partial charge in [-0.05, 0) is 26.0 Å². The van der Waals surface area contributed by atoms with Gasteiger partial charge in [-0.3, -0.25) is 0 Å². The van der Waals surface area contributed by atoms with Crippen molar-refractivity contribution in [1.82, 2.24) is 19.9 Å². The van der Waals surface area contributed by atoms with Crippen molar-refractivity contribution in [2.75, 3.05) is 0 Å². The number of hydrogen-bond acceptors (Lipinski definition) is 8. The molecule has 1 radical (unpaired) electrons. The van der Waals surface area contributed by atoms with Crippen LogP contribution in [-0.4, -0.2) is 31.9 Å². The third kappa shape index (κ3) is 7.10. The molecule has 0 bridgehead atoms. The molecule has 2 aromatic carbocycles. The summed E-state index contributed by atoms with van der Waals surface area (Å²) in [6.45, 7) is 3.45. The van der Waals surface area contributed by atoms with Gasteiger partial charge in [0.15, 0.2) is 11.6 Å². The molecule has 8 nitrogen and oxygen atoms in total. The number of hydrogen-bond donors (Lipinski definition) is 0. The minimum absolute atomic E-state index is 0. The molecule has 0 unspecified atom stereocenters. The van der Waals surface area contributed by atoms with Crippen LogP contribution < -0.4 is 10.2 Å². The number of aromatic carboxylic acids is 2. The molecule has 2 aromatic heterocycles. The second kappa shape index (κ2) is 11.7. The van der Waals surface area contributed by atoms with E-state index in [1.165, 1.54) is 0 Å². The van der Waals surface area contributed by atoms with E-state index in [-0.39, 0.29) is 31.8 Å². The van der Waals surface area contributed by atoms with Gasteiger partial charge in [-0.1, -0.05) is 60.7 Å². The summed E-state index contributed by atoms with van der Waals surface area (Å²) in [5.74, 6) is -3.28. The molecular formula is C24H18IrN4O4-2. The number of aromatic nitrogens is 4. The van der Waals surface area contributed by atoms with Gasteiger partial charge in [-0.2, -0.15) is 0 Å². The number of aryl methyl sites for hydroxylation is 2. The minimum atomic E-state index is -1.36. The van der Waals surface area contributed by atoms with Gasteiger partial charge in [0.05, 0.1) is 11.4 Å². The molecule has 0 saturated heterocycles. The van der Waals surface area contributed by atoms with Crippen molar-refractivity contribution < 1.29 is 39.9 Å². The molecule has 9 heteroatoms. The minimum Gasteiger partial charge on any atom is -0.542 e. The predicted molar refractivity (Wildman–Crippen MR) is 113 cm³/mol. The standard InChI is InChI=1S/2C12H10N2O2.Ir/c2*1-8-7-10(9-5-3-2-4-6-9)14-11(13-8)12(15)16;/h2*2-7H,1H3,(H,15,16);/p-2.